The minimum absolute atomic E-state index is 0. The van der Waals surface area contributed by atoms with E-state index in [4.69, 9.17) is 0 Å². The molecule has 1 aromatic rings. The first-order valence-corrected chi connectivity index (χ1v) is 8.41. The molecular weight excluding hydrogens is 336 g/mol. The van der Waals surface area contributed by atoms with Gasteiger partial charge < -0.3 is 4.90 Å². The summed E-state index contributed by atoms with van der Waals surface area (Å²) in [5, 5.41) is 0. The lowest BCUT2D eigenvalue weighted by Crippen LogP contribution is -2.59. The fourth-order valence-electron chi connectivity index (χ4n) is 4.65. The van der Waals surface area contributed by atoms with Crippen LogP contribution in [-0.2, 0) is 0 Å². The molecule has 130 valence electrons. The van der Waals surface area contributed by atoms with Crippen molar-refractivity contribution in [3.05, 3.63) is 24.1 Å². The van der Waals surface area contributed by atoms with Gasteiger partial charge in [0.05, 0.1) is 0 Å². The zero-order chi connectivity index (χ0) is 14.2. The smallest absolute Gasteiger partial charge is 0.165 e. The van der Waals surface area contributed by atoms with E-state index in [0.717, 1.165) is 31.5 Å². The van der Waals surface area contributed by atoms with Crippen LogP contribution in [0.15, 0.2) is 18.3 Å². The third-order valence-corrected chi connectivity index (χ3v) is 5.75. The van der Waals surface area contributed by atoms with Gasteiger partial charge >= 0.3 is 0 Å². The summed E-state index contributed by atoms with van der Waals surface area (Å²) in [5.74, 6) is 2.20. The second-order valence-electron chi connectivity index (χ2n) is 6.94. The lowest BCUT2D eigenvalue weighted by atomic mass is 9.72. The van der Waals surface area contributed by atoms with Gasteiger partial charge in [0.1, 0.15) is 0 Å². The summed E-state index contributed by atoms with van der Waals surface area (Å²) in [4.78, 5) is 9.06. The summed E-state index contributed by atoms with van der Waals surface area (Å²) in [6.45, 7) is 4.18. The topological polar surface area (TPSA) is 19.4 Å². The lowest BCUT2D eigenvalue weighted by Gasteiger charge is -2.50. The van der Waals surface area contributed by atoms with Crippen molar-refractivity contribution < 1.29 is 4.39 Å². The predicted molar refractivity (Wildman–Crippen MR) is 96.3 cm³/mol. The SMILES string of the molecule is Cl.Cl.Fc1cccnc1N1CCN2C[C@H]3CCCC[C@H]3C[C@@H]2C1. The number of nitrogens with zero attached hydrogens (tertiary/aromatic N) is 3. The maximum absolute atomic E-state index is 13.9. The van der Waals surface area contributed by atoms with Gasteiger partial charge in [-0.25, -0.2) is 9.37 Å². The molecule has 3 fully saturated rings. The highest BCUT2D eigenvalue weighted by atomic mass is 35.5. The molecule has 23 heavy (non-hydrogen) atoms. The predicted octanol–water partition coefficient (Wildman–Crippen LogP) is 3.77. The Balaban J connectivity index is 0.000000960. The summed E-state index contributed by atoms with van der Waals surface area (Å²) < 4.78 is 13.9. The molecule has 3 atom stereocenters. The van der Waals surface area contributed by atoms with Gasteiger partial charge in [0, 0.05) is 38.4 Å². The minimum atomic E-state index is -0.183. The fraction of sp³-hybridized carbons (Fsp3) is 0.706. The number of hydrogen-bond acceptors (Lipinski definition) is 3. The molecule has 3 heterocycles. The van der Waals surface area contributed by atoms with Crippen molar-refractivity contribution in [1.29, 1.82) is 0 Å². The molecule has 1 aromatic heterocycles. The van der Waals surface area contributed by atoms with E-state index in [1.54, 1.807) is 12.3 Å². The van der Waals surface area contributed by atoms with Crippen LogP contribution in [0.5, 0.6) is 0 Å². The van der Waals surface area contributed by atoms with Crippen LogP contribution in [0.3, 0.4) is 0 Å². The van der Waals surface area contributed by atoms with E-state index in [-0.39, 0.29) is 30.6 Å². The van der Waals surface area contributed by atoms with Gasteiger partial charge in [0.2, 0.25) is 0 Å². The third kappa shape index (κ3) is 3.75. The number of hydrogen-bond donors (Lipinski definition) is 0. The number of anilines is 1. The maximum Gasteiger partial charge on any atom is 0.165 e. The summed E-state index contributed by atoms with van der Waals surface area (Å²) >= 11 is 0. The van der Waals surface area contributed by atoms with Gasteiger partial charge in [-0.05, 0) is 36.8 Å². The van der Waals surface area contributed by atoms with Crippen LogP contribution in [0.1, 0.15) is 32.1 Å². The molecular formula is C17H26Cl2FN3. The second kappa shape index (κ2) is 8.00. The van der Waals surface area contributed by atoms with Crippen LogP contribution in [0.4, 0.5) is 10.2 Å². The van der Waals surface area contributed by atoms with E-state index in [1.165, 1.54) is 44.7 Å². The molecule has 0 aromatic carbocycles. The molecule has 0 spiro atoms. The normalized spacial score (nSPS) is 30.5. The van der Waals surface area contributed by atoms with Crippen molar-refractivity contribution in [2.75, 3.05) is 31.1 Å². The average molecular weight is 362 g/mol. The summed E-state index contributed by atoms with van der Waals surface area (Å²) in [6, 6.07) is 3.79. The molecule has 0 unspecified atom stereocenters. The Morgan fingerprint density at radius 2 is 1.83 bits per heavy atom. The molecule has 0 amide bonds. The maximum atomic E-state index is 13.9. The molecule has 1 aliphatic carbocycles. The minimum Gasteiger partial charge on any atom is -0.351 e. The van der Waals surface area contributed by atoms with E-state index in [2.05, 4.69) is 14.8 Å². The van der Waals surface area contributed by atoms with E-state index < -0.39 is 0 Å². The van der Waals surface area contributed by atoms with Crippen LogP contribution in [-0.4, -0.2) is 42.1 Å². The molecule has 1 saturated carbocycles. The van der Waals surface area contributed by atoms with Crippen LogP contribution >= 0.6 is 24.8 Å². The lowest BCUT2D eigenvalue weighted by molar-refractivity contribution is 0.0318. The Hall–Kier alpha value is -0.580. The molecule has 0 bridgehead atoms. The quantitative estimate of drug-likeness (QED) is 0.758. The molecule has 2 saturated heterocycles. The Morgan fingerprint density at radius 1 is 1.04 bits per heavy atom. The Bertz CT molecular complexity index is 516. The molecule has 0 radical (unpaired) electrons. The number of fused-ring (bicyclic) bond motifs is 2. The second-order valence-corrected chi connectivity index (χ2v) is 6.94. The van der Waals surface area contributed by atoms with Crippen LogP contribution in [0.2, 0.25) is 0 Å². The van der Waals surface area contributed by atoms with Gasteiger partial charge in [-0.15, -0.1) is 24.8 Å². The van der Waals surface area contributed by atoms with Gasteiger partial charge in [-0.1, -0.05) is 19.3 Å². The Kier molecular flexibility index (Phi) is 6.52. The number of piperazine rings is 1. The molecule has 6 heteroatoms. The monoisotopic (exact) mass is 361 g/mol. The standard InChI is InChI=1S/C17H24FN3.2ClH/c18-16-6-3-7-19-17(16)21-9-8-20-11-14-5-2-1-4-13(14)10-15(20)12-21;;/h3,6-7,13-15H,1-2,4-5,8-12H2;2*1H/t13-,14+,15+;;/m0../s1. The van der Waals surface area contributed by atoms with Crippen molar-refractivity contribution in [2.24, 2.45) is 11.8 Å². The Morgan fingerprint density at radius 3 is 2.61 bits per heavy atom. The largest absolute Gasteiger partial charge is 0.351 e. The highest BCUT2D eigenvalue weighted by molar-refractivity contribution is 5.85. The molecule has 0 N–H and O–H groups in total. The van der Waals surface area contributed by atoms with Gasteiger partial charge in [-0.2, -0.15) is 0 Å². The van der Waals surface area contributed by atoms with E-state index in [0.29, 0.717) is 11.9 Å². The van der Waals surface area contributed by atoms with E-state index >= 15 is 0 Å². The van der Waals surface area contributed by atoms with Crippen molar-refractivity contribution in [3.8, 4) is 0 Å². The van der Waals surface area contributed by atoms with Crippen LogP contribution < -0.4 is 4.90 Å². The number of pyridine rings is 1. The molecule has 3 nitrogen and oxygen atoms in total. The number of halogens is 3. The summed E-state index contributed by atoms with van der Waals surface area (Å²) in [6.07, 6.45) is 8.66. The number of aromatic nitrogens is 1. The first-order chi connectivity index (χ1) is 10.3. The van der Waals surface area contributed by atoms with E-state index in [1.807, 2.05) is 0 Å². The first kappa shape index (κ1) is 18.8. The van der Waals surface area contributed by atoms with Crippen LogP contribution in [0.25, 0.3) is 0 Å². The zero-order valence-corrected chi connectivity index (χ0v) is 15.0. The highest BCUT2D eigenvalue weighted by Crippen LogP contribution is 2.39. The van der Waals surface area contributed by atoms with Crippen molar-refractivity contribution >= 4 is 30.6 Å². The van der Waals surface area contributed by atoms with Crippen LogP contribution in [0, 0.1) is 17.7 Å². The number of piperidine rings is 1. The summed E-state index contributed by atoms with van der Waals surface area (Å²) in [5.41, 5.74) is 0. The molecule has 3 aliphatic rings. The van der Waals surface area contributed by atoms with Crippen molar-refractivity contribution in [2.45, 2.75) is 38.1 Å². The fourth-order valence-corrected chi connectivity index (χ4v) is 4.65. The van der Waals surface area contributed by atoms with Gasteiger partial charge in [0.25, 0.3) is 0 Å². The average Bonchev–Trinajstić information content (AvgIpc) is 2.53. The summed E-state index contributed by atoms with van der Waals surface area (Å²) in [7, 11) is 0. The molecule has 4 rings (SSSR count). The van der Waals surface area contributed by atoms with Gasteiger partial charge in [0.15, 0.2) is 11.6 Å². The van der Waals surface area contributed by atoms with Crippen molar-refractivity contribution in [1.82, 2.24) is 9.88 Å². The molecule has 2 aliphatic heterocycles. The Labute approximate surface area is 150 Å². The number of rotatable bonds is 1. The third-order valence-electron chi connectivity index (χ3n) is 5.75. The van der Waals surface area contributed by atoms with Gasteiger partial charge in [-0.3, -0.25) is 4.90 Å². The zero-order valence-electron chi connectivity index (χ0n) is 13.4. The van der Waals surface area contributed by atoms with Crippen molar-refractivity contribution in [3.63, 3.8) is 0 Å². The first-order valence-electron chi connectivity index (χ1n) is 8.41. The highest BCUT2D eigenvalue weighted by Gasteiger charge is 2.39. The van der Waals surface area contributed by atoms with E-state index in [9.17, 15) is 4.39 Å².